The van der Waals surface area contributed by atoms with Gasteiger partial charge in [-0.2, -0.15) is 5.10 Å². The quantitative estimate of drug-likeness (QED) is 0.485. The van der Waals surface area contributed by atoms with E-state index in [1.807, 2.05) is 59.4 Å². The van der Waals surface area contributed by atoms with E-state index in [4.69, 9.17) is 5.10 Å². The van der Waals surface area contributed by atoms with Crippen LogP contribution in [0.3, 0.4) is 0 Å². The van der Waals surface area contributed by atoms with E-state index in [9.17, 15) is 9.90 Å². The molecule has 30 heavy (non-hydrogen) atoms. The zero-order valence-corrected chi connectivity index (χ0v) is 17.0. The van der Waals surface area contributed by atoms with Crippen LogP contribution in [-0.4, -0.2) is 40.0 Å². The highest BCUT2D eigenvalue weighted by Gasteiger charge is 2.30. The van der Waals surface area contributed by atoms with Crippen molar-refractivity contribution in [2.24, 2.45) is 5.92 Å². The Kier molecular flexibility index (Phi) is 6.57. The molecule has 0 radical (unpaired) electrons. The molecular weight excluding hydrogens is 376 g/mol. The highest BCUT2D eigenvalue weighted by atomic mass is 16.3. The maximum absolute atomic E-state index is 12.3. The zero-order valence-electron chi connectivity index (χ0n) is 17.0. The van der Waals surface area contributed by atoms with Crippen molar-refractivity contribution >= 4 is 5.91 Å². The smallest absolute Gasteiger partial charge is 0.234 e. The van der Waals surface area contributed by atoms with Gasteiger partial charge >= 0.3 is 0 Å². The number of aromatic nitrogens is 2. The Morgan fingerprint density at radius 3 is 2.47 bits per heavy atom. The van der Waals surface area contributed by atoms with E-state index in [1.165, 1.54) is 5.56 Å². The van der Waals surface area contributed by atoms with Gasteiger partial charge in [-0.1, -0.05) is 60.7 Å². The molecule has 0 bridgehead atoms. The van der Waals surface area contributed by atoms with Crippen LogP contribution in [0.1, 0.15) is 24.0 Å². The van der Waals surface area contributed by atoms with Gasteiger partial charge in [-0.15, -0.1) is 0 Å². The molecule has 0 aliphatic heterocycles. The Labute approximate surface area is 176 Å². The molecule has 1 unspecified atom stereocenters. The Hall–Kier alpha value is -2.96. The van der Waals surface area contributed by atoms with Crippen molar-refractivity contribution < 1.29 is 9.90 Å². The summed E-state index contributed by atoms with van der Waals surface area (Å²) in [5.74, 6) is 0.424. The fourth-order valence-corrected chi connectivity index (χ4v) is 3.64. The highest BCUT2D eigenvalue weighted by molar-refractivity contribution is 5.78. The number of benzene rings is 2. The first-order valence-corrected chi connectivity index (χ1v) is 10.5. The second-order valence-electron chi connectivity index (χ2n) is 7.84. The van der Waals surface area contributed by atoms with E-state index in [0.717, 1.165) is 29.7 Å². The van der Waals surface area contributed by atoms with Gasteiger partial charge in [0, 0.05) is 29.9 Å². The second kappa shape index (κ2) is 9.69. The molecule has 1 heterocycles. The van der Waals surface area contributed by atoms with Crippen LogP contribution in [0.5, 0.6) is 0 Å². The Morgan fingerprint density at radius 2 is 1.80 bits per heavy atom. The molecule has 3 aromatic rings. The molecule has 1 aromatic heterocycles. The van der Waals surface area contributed by atoms with Crippen molar-refractivity contribution in [2.45, 2.75) is 32.0 Å². The molecule has 1 atom stereocenters. The number of carbonyl (C=O) groups excluding carboxylic acids is 1. The summed E-state index contributed by atoms with van der Waals surface area (Å²) < 4.78 is 1.92. The third-order valence-electron chi connectivity index (χ3n) is 5.46. The van der Waals surface area contributed by atoms with Crippen molar-refractivity contribution in [3.63, 3.8) is 0 Å². The van der Waals surface area contributed by atoms with Gasteiger partial charge in [-0.25, -0.2) is 0 Å². The molecule has 2 aromatic carbocycles. The molecule has 6 nitrogen and oxygen atoms in total. The van der Waals surface area contributed by atoms with Crippen LogP contribution in [0.15, 0.2) is 66.9 Å². The SMILES string of the molecule is O=C(CNC(CO)C1CC1)NCc1cn(Cc2ccccc2)nc1-c1ccccc1. The lowest BCUT2D eigenvalue weighted by Crippen LogP contribution is -2.41. The highest BCUT2D eigenvalue weighted by Crippen LogP contribution is 2.32. The number of aliphatic hydroxyl groups excluding tert-OH is 1. The normalized spacial score (nSPS) is 14.4. The van der Waals surface area contributed by atoms with E-state index < -0.39 is 0 Å². The van der Waals surface area contributed by atoms with Crippen LogP contribution in [0.25, 0.3) is 11.3 Å². The van der Waals surface area contributed by atoms with Gasteiger partial charge in [0.15, 0.2) is 0 Å². The van der Waals surface area contributed by atoms with Crippen LogP contribution in [0.2, 0.25) is 0 Å². The van der Waals surface area contributed by atoms with Crippen LogP contribution >= 0.6 is 0 Å². The standard InChI is InChI=1S/C24H28N4O2/c29-17-22(19-11-12-19)25-14-23(30)26-13-21-16-28(15-18-7-3-1-4-8-18)27-24(21)20-9-5-2-6-10-20/h1-10,16,19,22,25,29H,11-15,17H2,(H,26,30). The number of nitrogens with zero attached hydrogens (tertiary/aromatic N) is 2. The number of rotatable bonds is 10. The van der Waals surface area contributed by atoms with Gasteiger partial charge in [0.1, 0.15) is 0 Å². The van der Waals surface area contributed by atoms with E-state index in [1.54, 1.807) is 0 Å². The first kappa shape index (κ1) is 20.3. The van der Waals surface area contributed by atoms with E-state index >= 15 is 0 Å². The summed E-state index contributed by atoms with van der Waals surface area (Å²) in [7, 11) is 0. The van der Waals surface area contributed by atoms with Gasteiger partial charge < -0.3 is 15.7 Å². The number of carbonyl (C=O) groups is 1. The van der Waals surface area contributed by atoms with Crippen LogP contribution in [0, 0.1) is 5.92 Å². The van der Waals surface area contributed by atoms with Crippen molar-refractivity contribution in [1.82, 2.24) is 20.4 Å². The van der Waals surface area contributed by atoms with Crippen molar-refractivity contribution in [3.05, 3.63) is 78.0 Å². The van der Waals surface area contributed by atoms with Crippen LogP contribution in [0.4, 0.5) is 0 Å². The molecule has 1 saturated carbocycles. The molecule has 0 spiro atoms. The molecule has 156 valence electrons. The number of amides is 1. The fraction of sp³-hybridized carbons (Fsp3) is 0.333. The van der Waals surface area contributed by atoms with Crippen LogP contribution < -0.4 is 10.6 Å². The molecule has 1 aliphatic rings. The summed E-state index contributed by atoms with van der Waals surface area (Å²) in [6.07, 6.45) is 4.26. The third-order valence-corrected chi connectivity index (χ3v) is 5.46. The third kappa shape index (κ3) is 5.34. The minimum absolute atomic E-state index is 0.0178. The number of hydrogen-bond acceptors (Lipinski definition) is 4. The average Bonchev–Trinajstić information content (AvgIpc) is 3.54. The maximum Gasteiger partial charge on any atom is 0.234 e. The van der Waals surface area contributed by atoms with Gasteiger partial charge in [0.05, 0.1) is 25.4 Å². The van der Waals surface area contributed by atoms with E-state index in [2.05, 4.69) is 22.8 Å². The van der Waals surface area contributed by atoms with Crippen molar-refractivity contribution in [1.29, 1.82) is 0 Å². The van der Waals surface area contributed by atoms with Gasteiger partial charge in [0.2, 0.25) is 5.91 Å². The summed E-state index contributed by atoms with van der Waals surface area (Å²) in [5, 5.41) is 20.4. The molecule has 1 amide bonds. The van der Waals surface area contributed by atoms with Crippen molar-refractivity contribution in [2.75, 3.05) is 13.2 Å². The number of aliphatic hydroxyl groups is 1. The monoisotopic (exact) mass is 404 g/mol. The first-order chi connectivity index (χ1) is 14.7. The topological polar surface area (TPSA) is 79.2 Å². The summed E-state index contributed by atoms with van der Waals surface area (Å²) in [5.41, 5.74) is 4.06. The number of hydrogen-bond donors (Lipinski definition) is 3. The van der Waals surface area contributed by atoms with Gasteiger partial charge in [0.25, 0.3) is 0 Å². The Bertz CT molecular complexity index is 952. The second-order valence-corrected chi connectivity index (χ2v) is 7.84. The van der Waals surface area contributed by atoms with Crippen LogP contribution in [-0.2, 0) is 17.9 Å². The predicted molar refractivity (Wildman–Crippen MR) is 117 cm³/mol. The molecule has 1 aliphatic carbocycles. The molecule has 1 fully saturated rings. The molecule has 6 heteroatoms. The van der Waals surface area contributed by atoms with Gasteiger partial charge in [-0.05, 0) is 24.3 Å². The summed E-state index contributed by atoms with van der Waals surface area (Å²) in [6.45, 7) is 1.37. The molecular formula is C24H28N4O2. The van der Waals surface area contributed by atoms with Crippen molar-refractivity contribution in [3.8, 4) is 11.3 Å². The van der Waals surface area contributed by atoms with E-state index in [0.29, 0.717) is 19.0 Å². The molecule has 3 N–H and O–H groups in total. The first-order valence-electron chi connectivity index (χ1n) is 10.5. The summed E-state index contributed by atoms with van der Waals surface area (Å²) >= 11 is 0. The van der Waals surface area contributed by atoms with Gasteiger partial charge in [-0.3, -0.25) is 9.48 Å². The minimum atomic E-state index is -0.0797. The minimum Gasteiger partial charge on any atom is -0.395 e. The van der Waals surface area contributed by atoms with E-state index in [-0.39, 0.29) is 25.1 Å². The fourth-order valence-electron chi connectivity index (χ4n) is 3.64. The molecule has 0 saturated heterocycles. The maximum atomic E-state index is 12.3. The predicted octanol–water partition coefficient (Wildman–Crippen LogP) is 2.58. The zero-order chi connectivity index (χ0) is 20.8. The lowest BCUT2D eigenvalue weighted by molar-refractivity contribution is -0.120. The number of nitrogens with one attached hydrogen (secondary N) is 2. The summed E-state index contributed by atoms with van der Waals surface area (Å²) in [4.78, 5) is 12.3. The lowest BCUT2D eigenvalue weighted by atomic mass is 10.1. The Balaban J connectivity index is 1.43. The lowest BCUT2D eigenvalue weighted by Gasteiger charge is -2.15. The largest absolute Gasteiger partial charge is 0.395 e. The average molecular weight is 405 g/mol. The molecule has 4 rings (SSSR count). The summed E-state index contributed by atoms with van der Waals surface area (Å²) in [6, 6.07) is 20.2. The Morgan fingerprint density at radius 1 is 1.10 bits per heavy atom.